The van der Waals surface area contributed by atoms with E-state index in [4.69, 9.17) is 8.83 Å². The van der Waals surface area contributed by atoms with Gasteiger partial charge in [0.1, 0.15) is 22.3 Å². The highest BCUT2D eigenvalue weighted by Crippen LogP contribution is 2.50. The Morgan fingerprint density at radius 2 is 1.06 bits per heavy atom. The number of hydrogen-bond donors (Lipinski definition) is 0. The van der Waals surface area contributed by atoms with Crippen LogP contribution in [0, 0.1) is 0 Å². The predicted molar refractivity (Wildman–Crippen MR) is 212 cm³/mol. The zero-order valence-corrected chi connectivity index (χ0v) is 27.6. The summed E-state index contributed by atoms with van der Waals surface area (Å²) in [7, 11) is 0. The Bertz CT molecular complexity index is 3090. The van der Waals surface area contributed by atoms with Crippen LogP contribution in [-0.2, 0) is 0 Å². The van der Waals surface area contributed by atoms with Gasteiger partial charge in [0, 0.05) is 42.0 Å². The summed E-state index contributed by atoms with van der Waals surface area (Å²) in [5.74, 6) is 0. The Labute approximate surface area is 290 Å². The van der Waals surface area contributed by atoms with Gasteiger partial charge in [0.05, 0.1) is 22.1 Å². The van der Waals surface area contributed by atoms with Crippen LogP contribution in [0.25, 0.3) is 85.9 Å². The van der Waals surface area contributed by atoms with E-state index in [1.165, 1.54) is 31.3 Å². The van der Waals surface area contributed by atoms with Crippen molar-refractivity contribution in [3.8, 4) is 11.1 Å². The molecule has 11 aromatic rings. The van der Waals surface area contributed by atoms with Crippen molar-refractivity contribution >= 4 is 103 Å². The van der Waals surface area contributed by atoms with E-state index < -0.39 is 0 Å². The maximum atomic E-state index is 6.70. The van der Waals surface area contributed by atoms with E-state index in [-0.39, 0.29) is 0 Å². The molecule has 0 saturated heterocycles. The number of hydrogen-bond acceptors (Lipinski definition) is 4. The molecule has 0 aliphatic carbocycles. The molecule has 0 atom stereocenters. The van der Waals surface area contributed by atoms with Crippen LogP contribution in [0.15, 0.2) is 173 Å². The van der Waals surface area contributed by atoms with Crippen molar-refractivity contribution in [2.75, 3.05) is 4.90 Å². The first kappa shape index (κ1) is 27.6. The average molecular weight is 658 g/mol. The topological polar surface area (TPSA) is 29.5 Å². The first-order valence-corrected chi connectivity index (χ1v) is 17.7. The molecule has 3 nitrogen and oxygen atoms in total. The lowest BCUT2D eigenvalue weighted by Gasteiger charge is -2.27. The zero-order chi connectivity index (χ0) is 32.8. The lowest BCUT2D eigenvalue weighted by atomic mass is 10.0. The van der Waals surface area contributed by atoms with Crippen LogP contribution in [0.3, 0.4) is 0 Å². The second kappa shape index (κ2) is 10.6. The largest absolute Gasteiger partial charge is 0.456 e. The first-order chi connectivity index (χ1) is 24.8. The molecule has 0 fully saturated rings. The highest BCUT2D eigenvalue weighted by Gasteiger charge is 2.25. The Hall–Kier alpha value is -6.36. The van der Waals surface area contributed by atoms with Gasteiger partial charge < -0.3 is 13.7 Å². The molecule has 0 unspecified atom stereocenters. The fraction of sp³-hybridized carbons (Fsp3) is 0. The van der Waals surface area contributed by atoms with E-state index in [0.29, 0.717) is 0 Å². The van der Waals surface area contributed by atoms with Crippen LogP contribution >= 0.6 is 11.3 Å². The van der Waals surface area contributed by atoms with Gasteiger partial charge in [-0.05, 0) is 77.2 Å². The van der Waals surface area contributed by atoms with Gasteiger partial charge in [0.2, 0.25) is 0 Å². The van der Waals surface area contributed by atoms with Crippen molar-refractivity contribution in [2.24, 2.45) is 0 Å². The number of rotatable bonds is 4. The monoisotopic (exact) mass is 657 g/mol. The average Bonchev–Trinajstić information content (AvgIpc) is 3.87. The van der Waals surface area contributed by atoms with Crippen LogP contribution < -0.4 is 4.90 Å². The first-order valence-electron chi connectivity index (χ1n) is 16.8. The normalized spacial score (nSPS) is 12.0. The van der Waals surface area contributed by atoms with Crippen molar-refractivity contribution in [3.05, 3.63) is 164 Å². The summed E-state index contributed by atoms with van der Waals surface area (Å²) >= 11 is 1.84. The SMILES string of the molecule is c1ccc(-c2ccc(N(c3cccc4oc5c6ccccc6ccc5c34)c3cccc4oc5ccc6c7ccccc7sc6c5c34)cc2)cc1. The molecule has 0 aliphatic heterocycles. The molecule has 11 rings (SSSR count). The zero-order valence-electron chi connectivity index (χ0n) is 26.8. The second-order valence-electron chi connectivity index (χ2n) is 12.8. The van der Waals surface area contributed by atoms with Gasteiger partial charge in [-0.15, -0.1) is 11.3 Å². The Balaban J connectivity index is 1.24. The van der Waals surface area contributed by atoms with Gasteiger partial charge in [-0.1, -0.05) is 103 Å². The number of benzene rings is 8. The number of nitrogens with zero attached hydrogens (tertiary/aromatic N) is 1. The molecule has 0 radical (unpaired) electrons. The smallest absolute Gasteiger partial charge is 0.143 e. The highest BCUT2D eigenvalue weighted by molar-refractivity contribution is 7.26. The fourth-order valence-electron chi connectivity index (χ4n) is 7.82. The van der Waals surface area contributed by atoms with Crippen molar-refractivity contribution in [1.29, 1.82) is 0 Å². The summed E-state index contributed by atoms with van der Waals surface area (Å²) in [6.07, 6.45) is 0. The maximum Gasteiger partial charge on any atom is 0.143 e. The molecule has 234 valence electrons. The lowest BCUT2D eigenvalue weighted by molar-refractivity contribution is 0.669. The molecule has 0 spiro atoms. The molecule has 8 aromatic carbocycles. The molecule has 0 saturated carbocycles. The number of fused-ring (bicyclic) bond motifs is 12. The second-order valence-corrected chi connectivity index (χ2v) is 13.9. The van der Waals surface area contributed by atoms with Gasteiger partial charge in [0.15, 0.2) is 0 Å². The van der Waals surface area contributed by atoms with Gasteiger partial charge in [-0.25, -0.2) is 0 Å². The molecule has 3 aromatic heterocycles. The third-order valence-corrected chi connectivity index (χ3v) is 11.3. The van der Waals surface area contributed by atoms with Gasteiger partial charge in [0.25, 0.3) is 0 Å². The lowest BCUT2D eigenvalue weighted by Crippen LogP contribution is -2.10. The minimum atomic E-state index is 0.857. The van der Waals surface area contributed by atoms with E-state index >= 15 is 0 Å². The predicted octanol–water partition coefficient (Wildman–Crippen LogP) is 14.1. The molecule has 4 heteroatoms. The maximum absolute atomic E-state index is 6.70. The third kappa shape index (κ3) is 3.97. The van der Waals surface area contributed by atoms with Gasteiger partial charge >= 0.3 is 0 Å². The molecule has 0 bridgehead atoms. The highest BCUT2D eigenvalue weighted by atomic mass is 32.1. The van der Waals surface area contributed by atoms with Crippen molar-refractivity contribution < 1.29 is 8.83 Å². The van der Waals surface area contributed by atoms with Crippen molar-refractivity contribution in [2.45, 2.75) is 0 Å². The molecular formula is C46H27NO2S. The quantitative estimate of drug-likeness (QED) is 0.189. The van der Waals surface area contributed by atoms with E-state index in [1.807, 2.05) is 11.3 Å². The van der Waals surface area contributed by atoms with E-state index in [1.54, 1.807) is 0 Å². The van der Waals surface area contributed by atoms with Crippen LogP contribution in [0.1, 0.15) is 0 Å². The minimum absolute atomic E-state index is 0.857. The fourth-order valence-corrected chi connectivity index (χ4v) is 9.06. The van der Waals surface area contributed by atoms with Crippen LogP contribution in [0.5, 0.6) is 0 Å². The molecular weight excluding hydrogens is 631 g/mol. The van der Waals surface area contributed by atoms with Crippen LogP contribution in [-0.4, -0.2) is 0 Å². The Morgan fingerprint density at radius 1 is 0.400 bits per heavy atom. The third-order valence-electron chi connectivity index (χ3n) is 10.1. The standard InChI is InChI=1S/C46H27NO2S/c1-2-10-28(11-3-1)29-20-23-31(24-21-29)47(36-15-8-17-38-42(36)35-25-22-30-12-4-5-13-32(30)45(35)49-38)37-16-9-18-39-43(37)44-40(48-39)27-26-34-33-14-6-7-19-41(33)50-46(34)44/h1-27H. The van der Waals surface area contributed by atoms with E-state index in [2.05, 4.69) is 169 Å². The summed E-state index contributed by atoms with van der Waals surface area (Å²) in [6, 6.07) is 58.1. The summed E-state index contributed by atoms with van der Waals surface area (Å²) in [5, 5.41) is 9.23. The molecule has 0 aliphatic rings. The summed E-state index contributed by atoms with van der Waals surface area (Å²) in [6.45, 7) is 0. The van der Waals surface area contributed by atoms with Gasteiger partial charge in [-0.2, -0.15) is 0 Å². The minimum Gasteiger partial charge on any atom is -0.456 e. The Morgan fingerprint density at radius 3 is 1.90 bits per heavy atom. The molecule has 50 heavy (non-hydrogen) atoms. The number of thiophene rings is 1. The van der Waals surface area contributed by atoms with E-state index in [0.717, 1.165) is 71.7 Å². The molecule has 0 amide bonds. The van der Waals surface area contributed by atoms with Crippen LogP contribution in [0.2, 0.25) is 0 Å². The summed E-state index contributed by atoms with van der Waals surface area (Å²) in [5.41, 5.74) is 9.04. The van der Waals surface area contributed by atoms with Crippen molar-refractivity contribution in [3.63, 3.8) is 0 Å². The number of anilines is 3. The van der Waals surface area contributed by atoms with Gasteiger partial charge in [-0.3, -0.25) is 0 Å². The number of furan rings is 2. The summed E-state index contributed by atoms with van der Waals surface area (Å²) in [4.78, 5) is 2.39. The Kier molecular flexibility index (Phi) is 5.83. The molecule has 3 heterocycles. The van der Waals surface area contributed by atoms with E-state index in [9.17, 15) is 0 Å². The molecule has 0 N–H and O–H groups in total. The van der Waals surface area contributed by atoms with Crippen LogP contribution in [0.4, 0.5) is 17.1 Å². The summed E-state index contributed by atoms with van der Waals surface area (Å²) < 4.78 is 15.9. The van der Waals surface area contributed by atoms with Crippen molar-refractivity contribution in [1.82, 2.24) is 0 Å².